The number of halogens is 1. The van der Waals surface area contributed by atoms with Crippen LogP contribution in [0.3, 0.4) is 0 Å². The van der Waals surface area contributed by atoms with Crippen LogP contribution in [0.1, 0.15) is 11.5 Å². The Balaban J connectivity index is 2.31. The largest absolute Gasteiger partial charge is 0.229 e. The predicted octanol–water partition coefficient (Wildman–Crippen LogP) is 1.48. The van der Waals surface area contributed by atoms with Gasteiger partial charge in [-0.05, 0) is 17.7 Å². The molecule has 0 aliphatic heterocycles. The van der Waals surface area contributed by atoms with Crippen LogP contribution < -0.4 is 0 Å². The van der Waals surface area contributed by atoms with E-state index in [4.69, 9.17) is 5.26 Å². The molecule has 84 valence electrons. The molecule has 0 saturated heterocycles. The second-order valence-electron chi connectivity index (χ2n) is 4.03. The highest BCUT2D eigenvalue weighted by Gasteiger charge is 2.57. The minimum Gasteiger partial charge on any atom is -0.229 e. The lowest BCUT2D eigenvalue weighted by molar-refractivity contribution is 0.599. The second-order valence-corrected chi connectivity index (χ2v) is 6.23. The molecule has 1 aliphatic carbocycles. The zero-order chi connectivity index (χ0) is 11.9. The molecule has 3 atom stereocenters. The Morgan fingerprint density at radius 1 is 1.31 bits per heavy atom. The fraction of sp³-hybridized carbons (Fsp3) is 0.364. The Morgan fingerprint density at radius 3 is 2.25 bits per heavy atom. The Labute approximate surface area is 93.4 Å². The first-order chi connectivity index (χ1) is 7.45. The highest BCUT2D eigenvalue weighted by molar-refractivity contribution is 7.91. The zero-order valence-corrected chi connectivity index (χ0v) is 9.41. The lowest BCUT2D eigenvalue weighted by Gasteiger charge is -1.98. The van der Waals surface area contributed by atoms with E-state index >= 15 is 0 Å². The molecule has 16 heavy (non-hydrogen) atoms. The van der Waals surface area contributed by atoms with Crippen molar-refractivity contribution in [1.82, 2.24) is 0 Å². The number of nitriles is 1. The van der Waals surface area contributed by atoms with Gasteiger partial charge in [-0.15, -0.1) is 0 Å². The van der Waals surface area contributed by atoms with Crippen molar-refractivity contribution in [2.75, 3.05) is 6.26 Å². The molecule has 1 saturated carbocycles. The first-order valence-corrected chi connectivity index (χ1v) is 6.74. The molecule has 0 amide bonds. The van der Waals surface area contributed by atoms with Gasteiger partial charge in [0.2, 0.25) is 0 Å². The first-order valence-electron chi connectivity index (χ1n) is 4.79. The summed E-state index contributed by atoms with van der Waals surface area (Å²) >= 11 is 0. The molecule has 0 spiro atoms. The molecule has 3 nitrogen and oxygen atoms in total. The number of rotatable bonds is 2. The summed E-state index contributed by atoms with van der Waals surface area (Å²) in [4.78, 5) is 0. The van der Waals surface area contributed by atoms with E-state index < -0.39 is 21.0 Å². The quantitative estimate of drug-likeness (QED) is 0.785. The maximum absolute atomic E-state index is 12.7. The van der Waals surface area contributed by atoms with Crippen LogP contribution in [0.2, 0.25) is 0 Å². The molecule has 1 aromatic carbocycles. The summed E-state index contributed by atoms with van der Waals surface area (Å²) < 4.78 is 35.5. The fourth-order valence-corrected chi connectivity index (χ4v) is 3.58. The normalized spacial score (nSPS) is 28.4. The van der Waals surface area contributed by atoms with Crippen molar-refractivity contribution in [3.63, 3.8) is 0 Å². The van der Waals surface area contributed by atoms with E-state index in [9.17, 15) is 12.8 Å². The lowest BCUT2D eigenvalue weighted by Crippen LogP contribution is -2.06. The maximum atomic E-state index is 12.7. The van der Waals surface area contributed by atoms with Gasteiger partial charge in [0.25, 0.3) is 0 Å². The van der Waals surface area contributed by atoms with Gasteiger partial charge in [0.05, 0.1) is 17.2 Å². The summed E-state index contributed by atoms with van der Waals surface area (Å²) in [6.07, 6.45) is 1.13. The summed E-state index contributed by atoms with van der Waals surface area (Å²) in [6.45, 7) is 0. The lowest BCUT2D eigenvalue weighted by atomic mass is 10.1. The monoisotopic (exact) mass is 239 g/mol. The minimum atomic E-state index is -3.21. The van der Waals surface area contributed by atoms with Crippen molar-refractivity contribution in [1.29, 1.82) is 5.26 Å². The summed E-state index contributed by atoms with van der Waals surface area (Å²) in [5.74, 6) is -1.17. The molecule has 1 fully saturated rings. The van der Waals surface area contributed by atoms with Crippen LogP contribution in [-0.4, -0.2) is 19.9 Å². The van der Waals surface area contributed by atoms with Crippen LogP contribution in [-0.2, 0) is 9.84 Å². The Morgan fingerprint density at radius 2 is 1.88 bits per heavy atom. The van der Waals surface area contributed by atoms with E-state index in [-0.39, 0.29) is 11.7 Å². The van der Waals surface area contributed by atoms with Crippen LogP contribution in [0, 0.1) is 23.1 Å². The van der Waals surface area contributed by atoms with Gasteiger partial charge in [-0.1, -0.05) is 12.1 Å². The molecule has 0 unspecified atom stereocenters. The second kappa shape index (κ2) is 3.56. The van der Waals surface area contributed by atoms with Crippen LogP contribution in [0.4, 0.5) is 4.39 Å². The Bertz CT molecular complexity index is 544. The predicted molar refractivity (Wildman–Crippen MR) is 56.9 cm³/mol. The molecule has 1 aliphatic rings. The van der Waals surface area contributed by atoms with E-state index in [1.165, 1.54) is 24.3 Å². The summed E-state index contributed by atoms with van der Waals surface area (Å²) in [7, 11) is -3.21. The summed E-state index contributed by atoms with van der Waals surface area (Å²) in [5, 5.41) is 8.20. The standard InChI is InChI=1S/C11H10FNO2S/c1-16(14,15)11-9(6-13)10(11)7-2-4-8(12)5-3-7/h2-5,9-11H,1H3/t9-,10+,11-/m1/s1. The summed E-state index contributed by atoms with van der Waals surface area (Å²) in [6, 6.07) is 7.62. The molecule has 0 radical (unpaired) electrons. The number of nitrogens with zero attached hydrogens (tertiary/aromatic N) is 1. The van der Waals surface area contributed by atoms with Gasteiger partial charge in [0.15, 0.2) is 9.84 Å². The van der Waals surface area contributed by atoms with Gasteiger partial charge in [-0.25, -0.2) is 12.8 Å². The van der Waals surface area contributed by atoms with Crippen molar-refractivity contribution < 1.29 is 12.8 Å². The SMILES string of the molecule is CS(=O)(=O)[C@@H]1[C@H](C#N)[C@@H]1c1ccc(F)cc1. The molecule has 0 N–H and O–H groups in total. The highest BCUT2D eigenvalue weighted by Crippen LogP contribution is 2.51. The van der Waals surface area contributed by atoms with Crippen molar-refractivity contribution in [3.8, 4) is 6.07 Å². The molecule has 5 heteroatoms. The van der Waals surface area contributed by atoms with E-state index in [0.29, 0.717) is 5.56 Å². The third kappa shape index (κ3) is 1.81. The zero-order valence-electron chi connectivity index (χ0n) is 8.59. The van der Waals surface area contributed by atoms with Crippen LogP contribution in [0.25, 0.3) is 0 Å². The molecule has 2 rings (SSSR count). The number of hydrogen-bond acceptors (Lipinski definition) is 3. The van der Waals surface area contributed by atoms with Gasteiger partial charge in [0.1, 0.15) is 5.82 Å². The fourth-order valence-electron chi connectivity index (χ4n) is 2.05. The van der Waals surface area contributed by atoms with Crippen molar-refractivity contribution in [2.24, 2.45) is 5.92 Å². The van der Waals surface area contributed by atoms with Gasteiger partial charge in [0, 0.05) is 12.2 Å². The van der Waals surface area contributed by atoms with Gasteiger partial charge >= 0.3 is 0 Å². The smallest absolute Gasteiger partial charge is 0.152 e. The topological polar surface area (TPSA) is 57.9 Å². The molecule has 1 aromatic rings. The molecule has 0 heterocycles. The minimum absolute atomic E-state index is 0.305. The van der Waals surface area contributed by atoms with Crippen LogP contribution >= 0.6 is 0 Å². The summed E-state index contributed by atoms with van der Waals surface area (Å²) in [5.41, 5.74) is 0.711. The average molecular weight is 239 g/mol. The Hall–Kier alpha value is -1.41. The van der Waals surface area contributed by atoms with Gasteiger partial charge in [-0.3, -0.25) is 0 Å². The Kier molecular flexibility index (Phi) is 2.47. The van der Waals surface area contributed by atoms with Crippen molar-refractivity contribution in [2.45, 2.75) is 11.2 Å². The number of benzene rings is 1. The molecular weight excluding hydrogens is 229 g/mol. The highest BCUT2D eigenvalue weighted by atomic mass is 32.2. The van der Waals surface area contributed by atoms with Crippen LogP contribution in [0.5, 0.6) is 0 Å². The van der Waals surface area contributed by atoms with Gasteiger partial charge < -0.3 is 0 Å². The van der Waals surface area contributed by atoms with Gasteiger partial charge in [-0.2, -0.15) is 5.26 Å². The molecule has 0 aromatic heterocycles. The van der Waals surface area contributed by atoms with E-state index in [1.54, 1.807) is 0 Å². The van der Waals surface area contributed by atoms with E-state index in [1.807, 2.05) is 6.07 Å². The van der Waals surface area contributed by atoms with Crippen molar-refractivity contribution in [3.05, 3.63) is 35.6 Å². The van der Waals surface area contributed by atoms with E-state index in [2.05, 4.69) is 0 Å². The first kappa shape index (κ1) is 11.1. The average Bonchev–Trinajstić information content (AvgIpc) is 2.92. The maximum Gasteiger partial charge on any atom is 0.152 e. The van der Waals surface area contributed by atoms with Crippen molar-refractivity contribution >= 4 is 9.84 Å². The number of sulfone groups is 1. The van der Waals surface area contributed by atoms with E-state index in [0.717, 1.165) is 6.26 Å². The molecular formula is C11H10FNO2S. The third-order valence-corrected chi connectivity index (χ3v) is 4.43. The number of hydrogen-bond donors (Lipinski definition) is 0. The van der Waals surface area contributed by atoms with Crippen LogP contribution in [0.15, 0.2) is 24.3 Å². The molecule has 0 bridgehead atoms. The third-order valence-electron chi connectivity index (χ3n) is 2.85.